The minimum atomic E-state index is 0.526. The summed E-state index contributed by atoms with van der Waals surface area (Å²) in [6.45, 7) is 10.8. The van der Waals surface area contributed by atoms with Gasteiger partial charge in [-0.1, -0.05) is 26.7 Å². The van der Waals surface area contributed by atoms with Gasteiger partial charge in [0.05, 0.1) is 12.2 Å². The van der Waals surface area contributed by atoms with Crippen LogP contribution in [0.1, 0.15) is 58.8 Å². The quantitative estimate of drug-likeness (QED) is 0.762. The lowest BCUT2D eigenvalue weighted by Crippen LogP contribution is -2.51. The summed E-state index contributed by atoms with van der Waals surface area (Å²) >= 11 is 0. The molecule has 2 heterocycles. The number of ether oxygens (including phenoxy) is 1. The molecular weight excluding hydrogens is 260 g/mol. The Morgan fingerprint density at radius 2 is 1.76 bits per heavy atom. The summed E-state index contributed by atoms with van der Waals surface area (Å²) < 4.78 is 6.01. The Labute approximate surface area is 130 Å². The van der Waals surface area contributed by atoms with Crippen molar-refractivity contribution in [3.63, 3.8) is 0 Å². The van der Waals surface area contributed by atoms with Crippen LogP contribution < -0.4 is 5.32 Å². The summed E-state index contributed by atoms with van der Waals surface area (Å²) in [7, 11) is 0. The zero-order valence-electron chi connectivity index (χ0n) is 14.1. The molecular formula is C18H34N2O. The van der Waals surface area contributed by atoms with Crippen LogP contribution in [0.5, 0.6) is 0 Å². The number of likely N-dealkylation sites (tertiary alicyclic amines) is 1. The summed E-state index contributed by atoms with van der Waals surface area (Å²) in [4.78, 5) is 2.73. The van der Waals surface area contributed by atoms with E-state index >= 15 is 0 Å². The molecule has 2 atom stereocenters. The van der Waals surface area contributed by atoms with Crippen molar-refractivity contribution in [2.75, 3.05) is 32.7 Å². The van der Waals surface area contributed by atoms with Gasteiger partial charge < -0.3 is 10.1 Å². The smallest absolute Gasteiger partial charge is 0.0707 e. The van der Waals surface area contributed by atoms with Crippen LogP contribution in [-0.4, -0.2) is 49.8 Å². The number of hydrogen-bond acceptors (Lipinski definition) is 3. The molecule has 0 spiro atoms. The summed E-state index contributed by atoms with van der Waals surface area (Å²) in [6.07, 6.45) is 10.6. The Bertz CT molecular complexity index is 313. The second kappa shape index (κ2) is 6.97. The molecule has 3 aliphatic rings. The fourth-order valence-corrected chi connectivity index (χ4v) is 4.60. The van der Waals surface area contributed by atoms with Gasteiger partial charge in [-0.05, 0) is 50.0 Å². The minimum Gasteiger partial charge on any atom is -0.372 e. The van der Waals surface area contributed by atoms with Crippen LogP contribution in [0.15, 0.2) is 0 Å². The van der Waals surface area contributed by atoms with E-state index in [0.29, 0.717) is 17.6 Å². The lowest BCUT2D eigenvalue weighted by molar-refractivity contribution is -0.0554. The van der Waals surface area contributed by atoms with Crippen molar-refractivity contribution in [3.8, 4) is 0 Å². The molecule has 3 heteroatoms. The van der Waals surface area contributed by atoms with E-state index in [2.05, 4.69) is 24.1 Å². The SMILES string of the molecule is CCCNCC1(CN2CC3CCC(C2)O3)CCC(C)CC1. The van der Waals surface area contributed by atoms with Gasteiger partial charge in [0.15, 0.2) is 0 Å². The van der Waals surface area contributed by atoms with Gasteiger partial charge >= 0.3 is 0 Å². The first kappa shape index (κ1) is 15.8. The van der Waals surface area contributed by atoms with E-state index in [9.17, 15) is 0 Å². The van der Waals surface area contributed by atoms with Gasteiger partial charge in [-0.15, -0.1) is 0 Å². The van der Waals surface area contributed by atoms with Gasteiger partial charge in [-0.25, -0.2) is 0 Å². The van der Waals surface area contributed by atoms with Crippen LogP contribution in [-0.2, 0) is 4.74 Å². The van der Waals surface area contributed by atoms with Crippen molar-refractivity contribution in [1.29, 1.82) is 0 Å². The molecule has 0 aromatic rings. The van der Waals surface area contributed by atoms with Gasteiger partial charge in [0.2, 0.25) is 0 Å². The molecule has 0 radical (unpaired) electrons. The number of rotatable bonds is 6. The molecule has 2 bridgehead atoms. The molecule has 1 aliphatic carbocycles. The third-order valence-electron chi connectivity index (χ3n) is 5.94. The average molecular weight is 294 g/mol. The summed E-state index contributed by atoms with van der Waals surface area (Å²) in [5, 5.41) is 3.73. The predicted molar refractivity (Wildman–Crippen MR) is 87.6 cm³/mol. The third-order valence-corrected chi connectivity index (χ3v) is 5.94. The maximum atomic E-state index is 6.01. The number of nitrogens with one attached hydrogen (secondary N) is 1. The molecule has 1 N–H and O–H groups in total. The highest BCUT2D eigenvalue weighted by Crippen LogP contribution is 2.40. The molecule has 1 saturated carbocycles. The van der Waals surface area contributed by atoms with Gasteiger partial charge in [-0.3, -0.25) is 4.90 Å². The van der Waals surface area contributed by atoms with Crippen molar-refractivity contribution in [1.82, 2.24) is 10.2 Å². The molecule has 21 heavy (non-hydrogen) atoms. The summed E-state index contributed by atoms with van der Waals surface area (Å²) in [6, 6.07) is 0. The van der Waals surface area contributed by atoms with Gasteiger partial charge in [-0.2, -0.15) is 0 Å². The first-order chi connectivity index (χ1) is 10.2. The number of fused-ring (bicyclic) bond motifs is 2. The highest BCUT2D eigenvalue weighted by molar-refractivity contribution is 4.93. The highest BCUT2D eigenvalue weighted by atomic mass is 16.5. The Morgan fingerprint density at radius 1 is 1.10 bits per heavy atom. The van der Waals surface area contributed by atoms with Crippen molar-refractivity contribution in [3.05, 3.63) is 0 Å². The molecule has 3 rings (SSSR count). The van der Waals surface area contributed by atoms with Gasteiger partial charge in [0.25, 0.3) is 0 Å². The van der Waals surface area contributed by atoms with E-state index in [0.717, 1.165) is 5.92 Å². The van der Waals surface area contributed by atoms with Crippen molar-refractivity contribution in [2.24, 2.45) is 11.3 Å². The Kier molecular flexibility index (Phi) is 5.23. The standard InChI is InChI=1S/C18H34N2O/c1-3-10-19-13-18(8-6-15(2)7-9-18)14-20-11-16-4-5-17(12-20)21-16/h15-17,19H,3-14H2,1-2H3. The van der Waals surface area contributed by atoms with E-state index in [4.69, 9.17) is 4.74 Å². The van der Waals surface area contributed by atoms with Crippen LogP contribution in [0.4, 0.5) is 0 Å². The van der Waals surface area contributed by atoms with Crippen LogP contribution in [0.2, 0.25) is 0 Å². The Morgan fingerprint density at radius 3 is 2.38 bits per heavy atom. The van der Waals surface area contributed by atoms with Crippen molar-refractivity contribution < 1.29 is 4.74 Å². The second-order valence-corrected chi connectivity index (χ2v) is 8.01. The molecule has 0 aromatic carbocycles. The monoisotopic (exact) mass is 294 g/mol. The molecule has 122 valence electrons. The van der Waals surface area contributed by atoms with Gasteiger partial charge in [0.1, 0.15) is 0 Å². The molecule has 2 saturated heterocycles. The van der Waals surface area contributed by atoms with Gasteiger partial charge in [0, 0.05) is 26.2 Å². The zero-order valence-corrected chi connectivity index (χ0v) is 14.1. The molecule has 3 nitrogen and oxygen atoms in total. The fraction of sp³-hybridized carbons (Fsp3) is 1.00. The van der Waals surface area contributed by atoms with Crippen molar-refractivity contribution in [2.45, 2.75) is 71.0 Å². The maximum absolute atomic E-state index is 6.01. The highest BCUT2D eigenvalue weighted by Gasteiger charge is 2.40. The van der Waals surface area contributed by atoms with E-state index in [-0.39, 0.29) is 0 Å². The Hall–Kier alpha value is -0.120. The first-order valence-corrected chi connectivity index (χ1v) is 9.28. The predicted octanol–water partition coefficient (Wildman–Crippen LogP) is 3.05. The van der Waals surface area contributed by atoms with E-state index in [1.807, 2.05) is 0 Å². The molecule has 2 unspecified atom stereocenters. The number of morpholine rings is 1. The number of hydrogen-bond donors (Lipinski definition) is 1. The molecule has 0 amide bonds. The van der Waals surface area contributed by atoms with Crippen LogP contribution in [0.25, 0.3) is 0 Å². The van der Waals surface area contributed by atoms with E-state index in [1.54, 1.807) is 0 Å². The van der Waals surface area contributed by atoms with Crippen LogP contribution in [0.3, 0.4) is 0 Å². The lowest BCUT2D eigenvalue weighted by atomic mass is 9.70. The average Bonchev–Trinajstić information content (AvgIpc) is 2.82. The lowest BCUT2D eigenvalue weighted by Gasteiger charge is -2.45. The maximum Gasteiger partial charge on any atom is 0.0707 e. The Balaban J connectivity index is 1.58. The number of nitrogens with zero attached hydrogens (tertiary/aromatic N) is 1. The zero-order chi connectivity index (χ0) is 14.7. The molecule has 3 fully saturated rings. The minimum absolute atomic E-state index is 0.526. The molecule has 0 aromatic heterocycles. The van der Waals surface area contributed by atoms with E-state index < -0.39 is 0 Å². The van der Waals surface area contributed by atoms with Crippen LogP contribution >= 0.6 is 0 Å². The second-order valence-electron chi connectivity index (χ2n) is 8.01. The summed E-state index contributed by atoms with van der Waals surface area (Å²) in [5.41, 5.74) is 0.526. The van der Waals surface area contributed by atoms with Crippen LogP contribution in [0, 0.1) is 11.3 Å². The van der Waals surface area contributed by atoms with Crippen molar-refractivity contribution >= 4 is 0 Å². The largest absolute Gasteiger partial charge is 0.372 e. The normalized spacial score (nSPS) is 40.6. The third kappa shape index (κ3) is 4.00. The molecule has 2 aliphatic heterocycles. The summed E-state index contributed by atoms with van der Waals surface area (Å²) in [5.74, 6) is 0.935. The first-order valence-electron chi connectivity index (χ1n) is 9.28. The topological polar surface area (TPSA) is 24.5 Å². The fourth-order valence-electron chi connectivity index (χ4n) is 4.60. The van der Waals surface area contributed by atoms with E-state index in [1.165, 1.54) is 77.7 Å².